The fourth-order valence-electron chi connectivity index (χ4n) is 3.25. The largest absolute Gasteiger partial charge is 0.496 e. The molecule has 0 aliphatic heterocycles. The summed E-state index contributed by atoms with van der Waals surface area (Å²) in [6.45, 7) is 1.80. The van der Waals surface area contributed by atoms with E-state index >= 15 is 0 Å². The Bertz CT molecular complexity index is 740. The number of carbonyl (C=O) groups is 1. The number of para-hydroxylation sites is 1. The molecular weight excluding hydrogens is 336 g/mol. The zero-order valence-corrected chi connectivity index (χ0v) is 15.5. The molecule has 1 aromatic carbocycles. The molecule has 2 N–H and O–H groups in total. The van der Waals surface area contributed by atoms with E-state index in [1.54, 1.807) is 14.0 Å². The van der Waals surface area contributed by atoms with Crippen molar-refractivity contribution in [3.63, 3.8) is 0 Å². The lowest BCUT2D eigenvalue weighted by molar-refractivity contribution is -0.117. The fraction of sp³-hybridized carbons (Fsp3) is 0.500. The van der Waals surface area contributed by atoms with Crippen LogP contribution in [0.15, 0.2) is 29.4 Å². The Morgan fingerprint density at radius 1 is 1.28 bits per heavy atom. The summed E-state index contributed by atoms with van der Waals surface area (Å²) in [6.07, 6.45) is 5.85. The molecule has 1 atom stereocenters. The minimum atomic E-state index is -0.350. The van der Waals surface area contributed by atoms with Crippen LogP contribution < -0.4 is 10.5 Å². The Morgan fingerprint density at radius 3 is 2.68 bits per heavy atom. The van der Waals surface area contributed by atoms with Gasteiger partial charge in [0.1, 0.15) is 5.75 Å². The molecule has 6 nitrogen and oxygen atoms in total. The highest BCUT2D eigenvalue weighted by Crippen LogP contribution is 2.38. The molecule has 1 fully saturated rings. The van der Waals surface area contributed by atoms with E-state index in [0.29, 0.717) is 6.04 Å². The van der Waals surface area contributed by atoms with Gasteiger partial charge in [0.15, 0.2) is 11.0 Å². The maximum Gasteiger partial charge on any atom is 0.230 e. The number of thioether (sulfide) groups is 1. The van der Waals surface area contributed by atoms with Crippen molar-refractivity contribution in [2.45, 2.75) is 55.5 Å². The lowest BCUT2D eigenvalue weighted by atomic mass is 9.95. The van der Waals surface area contributed by atoms with Gasteiger partial charge in [0.05, 0.1) is 17.9 Å². The number of aromatic nitrogens is 3. The molecule has 25 heavy (non-hydrogen) atoms. The van der Waals surface area contributed by atoms with E-state index in [4.69, 9.17) is 10.5 Å². The number of ether oxygens (including phenoxy) is 1. The van der Waals surface area contributed by atoms with E-state index in [0.717, 1.165) is 35.1 Å². The van der Waals surface area contributed by atoms with E-state index in [1.165, 1.54) is 31.0 Å². The molecule has 1 amide bonds. The predicted octanol–water partition coefficient (Wildman–Crippen LogP) is 3.42. The Morgan fingerprint density at radius 2 is 2.00 bits per heavy atom. The first-order chi connectivity index (χ1) is 12.1. The van der Waals surface area contributed by atoms with Gasteiger partial charge in [0.25, 0.3) is 0 Å². The molecule has 0 radical (unpaired) electrons. The van der Waals surface area contributed by atoms with Crippen LogP contribution in [0, 0.1) is 0 Å². The van der Waals surface area contributed by atoms with Gasteiger partial charge >= 0.3 is 0 Å². The normalized spacial score (nSPS) is 16.6. The van der Waals surface area contributed by atoms with Crippen molar-refractivity contribution in [2.75, 3.05) is 7.11 Å². The first-order valence-electron chi connectivity index (χ1n) is 8.66. The Hall–Kier alpha value is -2.02. The van der Waals surface area contributed by atoms with Crippen LogP contribution in [0.4, 0.5) is 0 Å². The number of methoxy groups -OCH3 is 1. The van der Waals surface area contributed by atoms with Crippen LogP contribution in [-0.2, 0) is 4.79 Å². The molecule has 0 spiro atoms. The molecule has 0 unspecified atom stereocenters. The number of amides is 1. The Kier molecular flexibility index (Phi) is 5.63. The third kappa shape index (κ3) is 3.81. The van der Waals surface area contributed by atoms with Crippen LogP contribution in [-0.4, -0.2) is 33.0 Å². The monoisotopic (exact) mass is 360 g/mol. The van der Waals surface area contributed by atoms with Crippen molar-refractivity contribution in [1.29, 1.82) is 0 Å². The zero-order valence-electron chi connectivity index (χ0n) is 14.6. The molecule has 2 aromatic rings. The molecular formula is C18H24N4O2S. The predicted molar refractivity (Wildman–Crippen MR) is 98.6 cm³/mol. The van der Waals surface area contributed by atoms with Crippen LogP contribution >= 0.6 is 11.8 Å². The maximum absolute atomic E-state index is 11.5. The second-order valence-corrected chi connectivity index (χ2v) is 7.64. The highest BCUT2D eigenvalue weighted by molar-refractivity contribution is 8.00. The third-order valence-electron chi connectivity index (χ3n) is 4.64. The summed E-state index contributed by atoms with van der Waals surface area (Å²) in [4.78, 5) is 11.5. The van der Waals surface area contributed by atoms with E-state index in [2.05, 4.69) is 14.8 Å². The second-order valence-electron chi connectivity index (χ2n) is 6.33. The number of benzene rings is 1. The van der Waals surface area contributed by atoms with Gasteiger partial charge in [-0.3, -0.25) is 9.36 Å². The van der Waals surface area contributed by atoms with Crippen molar-refractivity contribution < 1.29 is 9.53 Å². The summed E-state index contributed by atoms with van der Waals surface area (Å²) in [7, 11) is 1.66. The molecule has 1 aliphatic carbocycles. The third-order valence-corrected chi connectivity index (χ3v) is 5.71. The van der Waals surface area contributed by atoms with Gasteiger partial charge < -0.3 is 10.5 Å². The molecule has 1 saturated carbocycles. The Labute approximate surface area is 152 Å². The summed E-state index contributed by atoms with van der Waals surface area (Å²) in [5, 5.41) is 9.22. The van der Waals surface area contributed by atoms with Gasteiger partial charge in [-0.2, -0.15) is 0 Å². The Balaban J connectivity index is 2.05. The van der Waals surface area contributed by atoms with Crippen molar-refractivity contribution in [3.8, 4) is 17.1 Å². The molecule has 1 aliphatic rings. The van der Waals surface area contributed by atoms with Gasteiger partial charge in [-0.25, -0.2) is 0 Å². The quantitative estimate of drug-likeness (QED) is 0.798. The average molecular weight is 360 g/mol. The summed E-state index contributed by atoms with van der Waals surface area (Å²) in [5.74, 6) is 1.22. The molecule has 1 aromatic heterocycles. The van der Waals surface area contributed by atoms with Gasteiger partial charge in [0.2, 0.25) is 5.91 Å². The number of hydrogen-bond donors (Lipinski definition) is 1. The number of rotatable bonds is 6. The number of carbonyl (C=O) groups excluding carboxylic acids is 1. The zero-order chi connectivity index (χ0) is 17.8. The molecule has 7 heteroatoms. The molecule has 134 valence electrons. The highest BCUT2D eigenvalue weighted by Gasteiger charge is 2.26. The van der Waals surface area contributed by atoms with Crippen molar-refractivity contribution in [2.24, 2.45) is 5.73 Å². The lowest BCUT2D eigenvalue weighted by Gasteiger charge is -2.26. The maximum atomic E-state index is 11.5. The van der Waals surface area contributed by atoms with Crippen LogP contribution in [0.25, 0.3) is 11.4 Å². The van der Waals surface area contributed by atoms with Crippen LogP contribution in [0.3, 0.4) is 0 Å². The van der Waals surface area contributed by atoms with Crippen LogP contribution in [0.1, 0.15) is 45.1 Å². The number of nitrogens with zero attached hydrogens (tertiary/aromatic N) is 3. The van der Waals surface area contributed by atoms with E-state index in [-0.39, 0.29) is 11.2 Å². The SMILES string of the molecule is COc1ccccc1-c1nnc(S[C@@H](C)C(N)=O)n1C1CCCCC1. The minimum absolute atomic E-state index is 0.339. The first-order valence-corrected chi connectivity index (χ1v) is 9.54. The molecule has 1 heterocycles. The van der Waals surface area contributed by atoms with E-state index in [9.17, 15) is 4.79 Å². The first kappa shape index (κ1) is 17.8. The lowest BCUT2D eigenvalue weighted by Crippen LogP contribution is -2.23. The number of primary amides is 1. The standard InChI is InChI=1S/C18H24N4O2S/c1-12(16(19)23)25-18-21-20-17(14-10-6-7-11-15(14)24-2)22(18)13-8-4-3-5-9-13/h6-7,10-13H,3-5,8-9H2,1-2H3,(H2,19,23)/t12-/m0/s1. The topological polar surface area (TPSA) is 83.0 Å². The van der Waals surface area contributed by atoms with Crippen molar-refractivity contribution in [1.82, 2.24) is 14.8 Å². The van der Waals surface area contributed by atoms with Gasteiger partial charge in [-0.1, -0.05) is 43.2 Å². The van der Waals surface area contributed by atoms with Crippen LogP contribution in [0.5, 0.6) is 5.75 Å². The van der Waals surface area contributed by atoms with Crippen molar-refractivity contribution in [3.05, 3.63) is 24.3 Å². The number of hydrogen-bond acceptors (Lipinski definition) is 5. The van der Waals surface area contributed by atoms with E-state index in [1.807, 2.05) is 24.3 Å². The van der Waals surface area contributed by atoms with Gasteiger partial charge in [-0.05, 0) is 31.9 Å². The van der Waals surface area contributed by atoms with Crippen molar-refractivity contribution >= 4 is 17.7 Å². The average Bonchev–Trinajstić information content (AvgIpc) is 3.05. The fourth-order valence-corrected chi connectivity index (χ4v) is 4.12. The summed E-state index contributed by atoms with van der Waals surface area (Å²) in [5.41, 5.74) is 6.36. The smallest absolute Gasteiger partial charge is 0.230 e. The number of nitrogens with two attached hydrogens (primary N) is 1. The molecule has 0 bridgehead atoms. The van der Waals surface area contributed by atoms with Gasteiger partial charge in [-0.15, -0.1) is 10.2 Å². The second kappa shape index (κ2) is 7.91. The minimum Gasteiger partial charge on any atom is -0.496 e. The van der Waals surface area contributed by atoms with Gasteiger partial charge in [0, 0.05) is 6.04 Å². The summed E-state index contributed by atoms with van der Waals surface area (Å²) >= 11 is 1.37. The molecule has 0 saturated heterocycles. The molecule has 3 rings (SSSR count). The van der Waals surface area contributed by atoms with Crippen LogP contribution in [0.2, 0.25) is 0 Å². The summed E-state index contributed by atoms with van der Waals surface area (Å²) < 4.78 is 7.69. The summed E-state index contributed by atoms with van der Waals surface area (Å²) in [6, 6.07) is 8.17. The van der Waals surface area contributed by atoms with E-state index < -0.39 is 0 Å². The highest BCUT2D eigenvalue weighted by atomic mass is 32.2.